The number of nitrogens with zero attached hydrogens (tertiary/aromatic N) is 1. The third-order valence-electron chi connectivity index (χ3n) is 2.68. The zero-order valence-electron chi connectivity index (χ0n) is 12.4. The van der Waals surface area contributed by atoms with Crippen LogP contribution in [0.4, 0.5) is 17.7 Å². The second kappa shape index (κ2) is 6.46. The topological polar surface area (TPSA) is 31.2 Å². The Labute approximate surface area is 163 Å². The van der Waals surface area contributed by atoms with Gasteiger partial charge in [-0.25, -0.2) is 4.79 Å². The maximum atomic E-state index is 12.7. The SMILES string of the molecule is CC(C)(C)OC(=O)n1ccc2cc([B-](F)(F)F)ccc21.[K+]. The first-order valence-corrected chi connectivity index (χ1v) is 6.12. The van der Waals surface area contributed by atoms with Crippen molar-refractivity contribution in [2.75, 3.05) is 0 Å². The van der Waals surface area contributed by atoms with Gasteiger partial charge in [-0.3, -0.25) is 4.57 Å². The molecule has 1 aromatic heterocycles. The van der Waals surface area contributed by atoms with Gasteiger partial charge in [0.05, 0.1) is 5.52 Å². The number of hydrogen-bond donors (Lipinski definition) is 0. The van der Waals surface area contributed by atoms with Crippen molar-refractivity contribution in [2.45, 2.75) is 26.4 Å². The molecule has 0 saturated heterocycles. The molecule has 1 heterocycles. The average molecular weight is 323 g/mol. The molecule has 0 saturated carbocycles. The van der Waals surface area contributed by atoms with E-state index in [0.29, 0.717) is 10.9 Å². The number of hydrogen-bond acceptors (Lipinski definition) is 2. The summed E-state index contributed by atoms with van der Waals surface area (Å²) in [6, 6.07) is 4.76. The quantitative estimate of drug-likeness (QED) is 0.715. The monoisotopic (exact) mass is 323 g/mol. The Morgan fingerprint density at radius 3 is 2.33 bits per heavy atom. The molecule has 0 aliphatic rings. The van der Waals surface area contributed by atoms with E-state index in [0.717, 1.165) is 12.1 Å². The van der Waals surface area contributed by atoms with E-state index in [4.69, 9.17) is 4.74 Å². The minimum Gasteiger partial charge on any atom is -0.445 e. The van der Waals surface area contributed by atoms with Crippen LogP contribution in [0.2, 0.25) is 0 Å². The molecule has 21 heavy (non-hydrogen) atoms. The summed E-state index contributed by atoms with van der Waals surface area (Å²) in [5.41, 5.74) is -0.953. The van der Waals surface area contributed by atoms with Gasteiger partial charge in [0.25, 0.3) is 0 Å². The molecular weight excluding hydrogens is 309 g/mol. The molecule has 2 aromatic rings. The van der Waals surface area contributed by atoms with Gasteiger partial charge in [-0.2, -0.15) is 0 Å². The summed E-state index contributed by atoms with van der Waals surface area (Å²) in [5, 5.41) is 0.354. The van der Waals surface area contributed by atoms with E-state index < -0.39 is 24.1 Å². The van der Waals surface area contributed by atoms with Crippen molar-refractivity contribution >= 4 is 29.4 Å². The summed E-state index contributed by atoms with van der Waals surface area (Å²) < 4.78 is 44.4. The molecule has 0 atom stereocenters. The van der Waals surface area contributed by atoms with E-state index in [1.807, 2.05) is 0 Å². The third kappa shape index (κ3) is 4.59. The van der Waals surface area contributed by atoms with Gasteiger partial charge in [0.1, 0.15) is 5.60 Å². The largest absolute Gasteiger partial charge is 1.00 e. The Bertz CT molecular complexity index is 661. The first-order chi connectivity index (χ1) is 9.08. The fraction of sp³-hybridized carbons (Fsp3) is 0.308. The number of fused-ring (bicyclic) bond motifs is 1. The van der Waals surface area contributed by atoms with Crippen LogP contribution in [0, 0.1) is 0 Å². The van der Waals surface area contributed by atoms with Gasteiger partial charge >= 0.3 is 64.5 Å². The molecule has 0 aliphatic carbocycles. The van der Waals surface area contributed by atoms with Crippen LogP contribution in [0.3, 0.4) is 0 Å². The van der Waals surface area contributed by atoms with Crippen molar-refractivity contribution in [2.24, 2.45) is 0 Å². The van der Waals surface area contributed by atoms with Crippen LogP contribution < -0.4 is 56.8 Å². The standard InChI is InChI=1S/C13H14BF3NO2.K/c1-13(2,3)20-12(19)18-7-6-9-8-10(14(15,16)17)4-5-11(9)18;/h4-8H,1-3H3;/q-1;+1. The van der Waals surface area contributed by atoms with Gasteiger partial charge in [-0.1, -0.05) is 12.1 Å². The van der Waals surface area contributed by atoms with Crippen molar-refractivity contribution in [1.82, 2.24) is 4.57 Å². The summed E-state index contributed by atoms with van der Waals surface area (Å²) in [6.45, 7) is 0.124. The maximum absolute atomic E-state index is 12.7. The molecule has 0 N–H and O–H groups in total. The van der Waals surface area contributed by atoms with Crippen LogP contribution in [0.5, 0.6) is 0 Å². The molecule has 0 fully saturated rings. The molecular formula is C13H14BF3KNO2. The molecule has 108 valence electrons. The average Bonchev–Trinajstić information content (AvgIpc) is 2.67. The van der Waals surface area contributed by atoms with Crippen LogP contribution >= 0.6 is 0 Å². The summed E-state index contributed by atoms with van der Waals surface area (Å²) in [5.74, 6) is 0. The smallest absolute Gasteiger partial charge is 0.445 e. The van der Waals surface area contributed by atoms with E-state index in [2.05, 4.69) is 0 Å². The molecule has 0 radical (unpaired) electrons. The minimum atomic E-state index is -5.04. The number of halogens is 3. The van der Waals surface area contributed by atoms with Crippen LogP contribution in [0.1, 0.15) is 20.8 Å². The number of benzene rings is 1. The molecule has 0 aliphatic heterocycles. The fourth-order valence-corrected chi connectivity index (χ4v) is 1.83. The molecule has 0 bridgehead atoms. The third-order valence-corrected chi connectivity index (χ3v) is 2.68. The van der Waals surface area contributed by atoms with Gasteiger partial charge in [-0.15, -0.1) is 5.46 Å². The van der Waals surface area contributed by atoms with Gasteiger partial charge in [0.15, 0.2) is 0 Å². The fourth-order valence-electron chi connectivity index (χ4n) is 1.83. The first kappa shape index (κ1) is 18.8. The van der Waals surface area contributed by atoms with Gasteiger partial charge < -0.3 is 17.7 Å². The Balaban J connectivity index is 0.00000220. The Morgan fingerprint density at radius 1 is 1.19 bits per heavy atom. The van der Waals surface area contributed by atoms with Crippen molar-refractivity contribution in [1.29, 1.82) is 0 Å². The molecule has 1 aromatic carbocycles. The Hall–Kier alpha value is -0.279. The van der Waals surface area contributed by atoms with Crippen LogP contribution in [-0.4, -0.2) is 23.2 Å². The summed E-state index contributed by atoms with van der Waals surface area (Å²) >= 11 is 0. The summed E-state index contributed by atoms with van der Waals surface area (Å²) in [7, 11) is 0. The van der Waals surface area contributed by atoms with E-state index in [1.165, 1.54) is 22.9 Å². The first-order valence-electron chi connectivity index (χ1n) is 6.12. The second-order valence-corrected chi connectivity index (χ2v) is 5.56. The zero-order chi connectivity index (χ0) is 15.1. The van der Waals surface area contributed by atoms with Crippen LogP contribution in [0.25, 0.3) is 10.9 Å². The van der Waals surface area contributed by atoms with E-state index in [1.54, 1.807) is 20.8 Å². The summed E-state index contributed by atoms with van der Waals surface area (Å²) in [6.07, 6.45) is 0.795. The maximum Gasteiger partial charge on any atom is 1.00 e. The predicted molar refractivity (Wildman–Crippen MR) is 72.3 cm³/mol. The van der Waals surface area contributed by atoms with Crippen molar-refractivity contribution in [3.8, 4) is 0 Å². The van der Waals surface area contributed by atoms with Crippen LogP contribution in [-0.2, 0) is 4.74 Å². The van der Waals surface area contributed by atoms with E-state index in [-0.39, 0.29) is 51.4 Å². The number of carbonyl (C=O) groups is 1. The normalized spacial score (nSPS) is 12.1. The number of ether oxygens (including phenoxy) is 1. The van der Waals surface area contributed by atoms with Gasteiger partial charge in [0.2, 0.25) is 0 Å². The second-order valence-electron chi connectivity index (χ2n) is 5.56. The Morgan fingerprint density at radius 2 is 1.81 bits per heavy atom. The van der Waals surface area contributed by atoms with Crippen molar-refractivity contribution in [3.63, 3.8) is 0 Å². The predicted octanol–water partition coefficient (Wildman–Crippen LogP) is 0.483. The van der Waals surface area contributed by atoms with Gasteiger partial charge in [0, 0.05) is 6.20 Å². The van der Waals surface area contributed by atoms with Crippen molar-refractivity contribution in [3.05, 3.63) is 30.5 Å². The van der Waals surface area contributed by atoms with Gasteiger partial charge in [-0.05, 0) is 38.3 Å². The Kier molecular flexibility index (Phi) is 5.77. The molecule has 0 spiro atoms. The number of aromatic nitrogens is 1. The minimum absolute atomic E-state index is 0. The molecule has 0 unspecified atom stereocenters. The van der Waals surface area contributed by atoms with E-state index >= 15 is 0 Å². The summed E-state index contributed by atoms with van der Waals surface area (Å²) in [4.78, 5) is 11.9. The van der Waals surface area contributed by atoms with Crippen LogP contribution in [0.15, 0.2) is 30.5 Å². The number of carbonyl (C=O) groups excluding carboxylic acids is 1. The van der Waals surface area contributed by atoms with E-state index in [9.17, 15) is 17.7 Å². The molecule has 3 nitrogen and oxygen atoms in total. The van der Waals surface area contributed by atoms with Crippen molar-refractivity contribution < 1.29 is 73.9 Å². The molecule has 8 heteroatoms. The number of rotatable bonds is 1. The zero-order valence-corrected chi connectivity index (χ0v) is 15.5. The molecule has 0 amide bonds. The molecule has 2 rings (SSSR count).